The highest BCUT2D eigenvalue weighted by Crippen LogP contribution is 2.38. The zero-order valence-electron chi connectivity index (χ0n) is 18.9. The molecule has 1 aromatic heterocycles. The second-order valence-electron chi connectivity index (χ2n) is 9.38. The Morgan fingerprint density at radius 2 is 1.82 bits per heavy atom. The number of hydrogen-bond donors (Lipinski definition) is 0. The van der Waals surface area contributed by atoms with Crippen LogP contribution in [0.5, 0.6) is 0 Å². The molecule has 1 aliphatic carbocycles. The number of sulfonamides is 1. The van der Waals surface area contributed by atoms with E-state index in [9.17, 15) is 8.42 Å². The van der Waals surface area contributed by atoms with Gasteiger partial charge in [0.25, 0.3) is 0 Å². The van der Waals surface area contributed by atoms with Crippen LogP contribution in [0.15, 0.2) is 52.5 Å². The van der Waals surface area contributed by atoms with Crippen molar-refractivity contribution < 1.29 is 8.42 Å². The van der Waals surface area contributed by atoms with Gasteiger partial charge in [0.2, 0.25) is 10.0 Å². The second kappa shape index (κ2) is 9.61. The van der Waals surface area contributed by atoms with Crippen LogP contribution >= 0.6 is 23.4 Å². The van der Waals surface area contributed by atoms with E-state index in [-0.39, 0.29) is 0 Å². The summed E-state index contributed by atoms with van der Waals surface area (Å²) in [7, 11) is -3.50. The molecule has 2 heterocycles. The molecule has 8 heteroatoms. The summed E-state index contributed by atoms with van der Waals surface area (Å²) < 4.78 is 30.7. The molecule has 2 aromatic carbocycles. The van der Waals surface area contributed by atoms with Gasteiger partial charge in [-0.05, 0) is 67.5 Å². The Balaban J connectivity index is 1.48. The van der Waals surface area contributed by atoms with Gasteiger partial charge in [0.15, 0.2) is 5.16 Å². The van der Waals surface area contributed by atoms with Gasteiger partial charge in [-0.1, -0.05) is 55.3 Å². The Morgan fingerprint density at radius 1 is 1.06 bits per heavy atom. The largest absolute Gasteiger partial charge is 0.316 e. The van der Waals surface area contributed by atoms with Crippen LogP contribution in [-0.2, 0) is 15.8 Å². The van der Waals surface area contributed by atoms with E-state index in [0.29, 0.717) is 29.9 Å². The third-order valence-electron chi connectivity index (χ3n) is 6.86. The van der Waals surface area contributed by atoms with Crippen molar-refractivity contribution in [3.05, 3.63) is 53.1 Å². The van der Waals surface area contributed by atoms with Crippen molar-refractivity contribution in [3.8, 4) is 0 Å². The van der Waals surface area contributed by atoms with Crippen LogP contribution in [0.3, 0.4) is 0 Å². The van der Waals surface area contributed by atoms with Gasteiger partial charge in [-0.2, -0.15) is 4.31 Å². The number of thioether (sulfide) groups is 1. The van der Waals surface area contributed by atoms with E-state index >= 15 is 0 Å². The first-order valence-electron chi connectivity index (χ1n) is 11.8. The van der Waals surface area contributed by atoms with Crippen LogP contribution in [0.1, 0.15) is 57.1 Å². The predicted octanol–water partition coefficient (Wildman–Crippen LogP) is 6.52. The Morgan fingerprint density at radius 3 is 2.55 bits per heavy atom. The van der Waals surface area contributed by atoms with E-state index in [4.69, 9.17) is 16.6 Å². The van der Waals surface area contributed by atoms with E-state index < -0.39 is 10.0 Å². The highest BCUT2D eigenvalue weighted by molar-refractivity contribution is 7.98. The average Bonchev–Trinajstić information content (AvgIpc) is 3.45. The lowest BCUT2D eigenvalue weighted by molar-refractivity contribution is 0.281. The van der Waals surface area contributed by atoms with Gasteiger partial charge in [0, 0.05) is 29.9 Å². The lowest BCUT2D eigenvalue weighted by Crippen LogP contribution is -2.39. The van der Waals surface area contributed by atoms with Gasteiger partial charge in [-0.3, -0.25) is 0 Å². The Labute approximate surface area is 205 Å². The third kappa shape index (κ3) is 4.83. The molecule has 1 aliphatic heterocycles. The fourth-order valence-electron chi connectivity index (χ4n) is 5.08. The summed E-state index contributed by atoms with van der Waals surface area (Å²) in [5, 5.41) is 1.70. The molecule has 0 spiro atoms. The van der Waals surface area contributed by atoms with Crippen molar-refractivity contribution in [2.24, 2.45) is 5.92 Å². The minimum Gasteiger partial charge on any atom is -0.316 e. The van der Waals surface area contributed by atoms with Crippen LogP contribution in [0.4, 0.5) is 0 Å². The molecule has 1 saturated carbocycles. The van der Waals surface area contributed by atoms with E-state index in [1.54, 1.807) is 28.2 Å². The second-order valence-corrected chi connectivity index (χ2v) is 12.7. The molecule has 1 saturated heterocycles. The van der Waals surface area contributed by atoms with Crippen LogP contribution < -0.4 is 0 Å². The molecule has 0 amide bonds. The molecule has 1 unspecified atom stereocenters. The summed E-state index contributed by atoms with van der Waals surface area (Å²) in [5.41, 5.74) is 3.00. The van der Waals surface area contributed by atoms with Crippen molar-refractivity contribution in [1.29, 1.82) is 0 Å². The number of fused-ring (bicyclic) bond motifs is 1. The number of benzene rings is 2. The lowest BCUT2D eigenvalue weighted by atomic mass is 10.0. The summed E-state index contributed by atoms with van der Waals surface area (Å²) in [6, 6.07) is 13.9. The third-order valence-corrected chi connectivity index (χ3v) is 9.99. The average molecular weight is 504 g/mol. The Bertz CT molecular complexity index is 1230. The number of piperidine rings is 1. The van der Waals surface area contributed by atoms with Gasteiger partial charge in [-0.25, -0.2) is 13.4 Å². The van der Waals surface area contributed by atoms with Crippen molar-refractivity contribution in [3.63, 3.8) is 0 Å². The lowest BCUT2D eigenvalue weighted by Gasteiger charge is -2.30. The molecule has 1 atom stereocenters. The quantitative estimate of drug-likeness (QED) is 0.359. The summed E-state index contributed by atoms with van der Waals surface area (Å²) in [5.74, 6) is 1.19. The molecule has 176 valence electrons. The number of rotatable bonds is 6. The SMILES string of the molecule is CC1CCCN(S(=O)(=O)c2ccc3c(c2)nc(SCc2ccc(Cl)cc2)n3C2CCCC2)C1. The van der Waals surface area contributed by atoms with Crippen molar-refractivity contribution in [2.45, 2.75) is 67.3 Å². The van der Waals surface area contributed by atoms with Gasteiger partial charge >= 0.3 is 0 Å². The topological polar surface area (TPSA) is 55.2 Å². The predicted molar refractivity (Wildman–Crippen MR) is 135 cm³/mol. The van der Waals surface area contributed by atoms with E-state index in [2.05, 4.69) is 11.5 Å². The van der Waals surface area contributed by atoms with Crippen molar-refractivity contribution >= 4 is 44.4 Å². The first kappa shape index (κ1) is 23.2. The maximum absolute atomic E-state index is 13.3. The molecule has 0 N–H and O–H groups in total. The van der Waals surface area contributed by atoms with E-state index in [0.717, 1.165) is 52.6 Å². The number of halogens is 1. The zero-order chi connectivity index (χ0) is 23.0. The molecule has 2 fully saturated rings. The van der Waals surface area contributed by atoms with Gasteiger partial charge in [-0.15, -0.1) is 0 Å². The normalized spacial score (nSPS) is 20.6. The van der Waals surface area contributed by atoms with Crippen LogP contribution in [-0.4, -0.2) is 35.4 Å². The Hall–Kier alpha value is -1.54. The molecule has 5 rings (SSSR count). The smallest absolute Gasteiger partial charge is 0.243 e. The first-order valence-corrected chi connectivity index (χ1v) is 14.6. The standard InChI is InChI=1S/C25H30ClN3O2S2/c1-18-5-4-14-28(16-18)33(30,31)22-12-13-24-23(15-22)27-25(29(24)21-6-2-3-7-21)32-17-19-8-10-20(26)11-9-19/h8-13,15,18,21H,2-7,14,16-17H2,1H3. The highest BCUT2D eigenvalue weighted by Gasteiger charge is 2.30. The van der Waals surface area contributed by atoms with Gasteiger partial charge in [0.05, 0.1) is 15.9 Å². The Kier molecular flexibility index (Phi) is 6.76. The number of nitrogens with zero attached hydrogens (tertiary/aromatic N) is 3. The van der Waals surface area contributed by atoms with Crippen molar-refractivity contribution in [2.75, 3.05) is 13.1 Å². The maximum atomic E-state index is 13.3. The van der Waals surface area contributed by atoms with Crippen LogP contribution in [0.25, 0.3) is 11.0 Å². The summed E-state index contributed by atoms with van der Waals surface area (Å²) >= 11 is 7.74. The number of aromatic nitrogens is 2. The number of imidazole rings is 1. The molecule has 3 aromatic rings. The monoisotopic (exact) mass is 503 g/mol. The zero-order valence-corrected chi connectivity index (χ0v) is 21.3. The maximum Gasteiger partial charge on any atom is 0.243 e. The highest BCUT2D eigenvalue weighted by atomic mass is 35.5. The minimum atomic E-state index is -3.50. The fourth-order valence-corrected chi connectivity index (χ4v) is 7.86. The van der Waals surface area contributed by atoms with E-state index in [1.165, 1.54) is 18.4 Å². The molecule has 0 radical (unpaired) electrons. The van der Waals surface area contributed by atoms with Crippen molar-refractivity contribution in [1.82, 2.24) is 13.9 Å². The summed E-state index contributed by atoms with van der Waals surface area (Å²) in [6.45, 7) is 3.32. The minimum absolute atomic E-state index is 0.356. The van der Waals surface area contributed by atoms with Crippen LogP contribution in [0, 0.1) is 5.92 Å². The van der Waals surface area contributed by atoms with Gasteiger partial charge < -0.3 is 4.57 Å². The summed E-state index contributed by atoms with van der Waals surface area (Å²) in [4.78, 5) is 5.30. The fraction of sp³-hybridized carbons (Fsp3) is 0.480. The molecule has 0 bridgehead atoms. The molecular weight excluding hydrogens is 474 g/mol. The first-order chi connectivity index (χ1) is 15.9. The van der Waals surface area contributed by atoms with Gasteiger partial charge in [0.1, 0.15) is 0 Å². The molecule has 5 nitrogen and oxygen atoms in total. The molecule has 2 aliphatic rings. The number of hydrogen-bond acceptors (Lipinski definition) is 4. The van der Waals surface area contributed by atoms with E-state index in [1.807, 2.05) is 30.3 Å². The van der Waals surface area contributed by atoms with Crippen LogP contribution in [0.2, 0.25) is 5.02 Å². The molecule has 33 heavy (non-hydrogen) atoms. The molecular formula is C25H30ClN3O2S2. The summed E-state index contributed by atoms with van der Waals surface area (Å²) in [6.07, 6.45) is 6.75.